The van der Waals surface area contributed by atoms with Gasteiger partial charge in [0.15, 0.2) is 10.9 Å². The van der Waals surface area contributed by atoms with Crippen LogP contribution in [-0.2, 0) is 6.18 Å². The van der Waals surface area contributed by atoms with Gasteiger partial charge in [-0.25, -0.2) is 0 Å². The van der Waals surface area contributed by atoms with Crippen LogP contribution in [0.2, 0.25) is 0 Å². The van der Waals surface area contributed by atoms with Crippen LogP contribution >= 0.6 is 34.8 Å². The number of rotatable bonds is 4. The molecule has 12 heteroatoms. The van der Waals surface area contributed by atoms with Gasteiger partial charge in [-0.1, -0.05) is 0 Å². The molecule has 7 nitrogen and oxygen atoms in total. The number of ether oxygens (including phenoxy) is 1. The third kappa shape index (κ3) is 5.28. The van der Waals surface area contributed by atoms with Crippen LogP contribution in [0.25, 0.3) is 0 Å². The summed E-state index contributed by atoms with van der Waals surface area (Å²) in [7, 11) is 1.24. The number of carbonyl (C=O) groups excluding carboxylic acids is 1. The lowest BCUT2D eigenvalue weighted by Gasteiger charge is -2.16. The van der Waals surface area contributed by atoms with E-state index in [1.54, 1.807) is 22.6 Å². The van der Waals surface area contributed by atoms with Crippen molar-refractivity contribution in [3.63, 3.8) is 0 Å². The summed E-state index contributed by atoms with van der Waals surface area (Å²) in [6.45, 7) is 0. The summed E-state index contributed by atoms with van der Waals surface area (Å²) in [6.07, 6.45) is -4.63. The third-order valence-corrected chi connectivity index (χ3v) is 4.28. The second-order valence-electron chi connectivity index (χ2n) is 5.24. The van der Waals surface area contributed by atoms with Crippen LogP contribution in [0.4, 0.5) is 24.5 Å². The minimum Gasteiger partial charge on any atom is -0.490 e. The van der Waals surface area contributed by atoms with Crippen LogP contribution < -0.4 is 15.4 Å². The van der Waals surface area contributed by atoms with E-state index < -0.39 is 33.4 Å². The van der Waals surface area contributed by atoms with Crippen molar-refractivity contribution in [2.75, 3.05) is 12.4 Å². The Morgan fingerprint density at radius 2 is 1.93 bits per heavy atom. The predicted molar refractivity (Wildman–Crippen MR) is 107 cm³/mol. The van der Waals surface area contributed by atoms with Gasteiger partial charge in [0.25, 0.3) is 5.91 Å². The SMILES string of the molecule is COc1ccc(C(=O)NC(=S)Nc2ccc(I)cc2C(F)(F)F)cc1[N+](=O)[O-]. The normalized spacial score (nSPS) is 10.9. The minimum absolute atomic E-state index is 0.0454. The Morgan fingerprint density at radius 1 is 1.25 bits per heavy atom. The van der Waals surface area contributed by atoms with Crippen LogP contribution in [0.3, 0.4) is 0 Å². The molecule has 0 unspecified atom stereocenters. The molecule has 0 aromatic heterocycles. The number of alkyl halides is 3. The average Bonchev–Trinajstić information content (AvgIpc) is 2.61. The largest absolute Gasteiger partial charge is 0.490 e. The monoisotopic (exact) mass is 525 g/mol. The van der Waals surface area contributed by atoms with Crippen molar-refractivity contribution in [2.24, 2.45) is 0 Å². The molecule has 0 radical (unpaired) electrons. The summed E-state index contributed by atoms with van der Waals surface area (Å²) < 4.78 is 44.7. The van der Waals surface area contributed by atoms with Gasteiger partial charge in [-0.15, -0.1) is 0 Å². The maximum absolute atomic E-state index is 13.1. The van der Waals surface area contributed by atoms with Crippen molar-refractivity contribution >= 4 is 57.2 Å². The maximum Gasteiger partial charge on any atom is 0.418 e. The lowest BCUT2D eigenvalue weighted by atomic mass is 10.1. The molecule has 0 fully saturated rings. The van der Waals surface area contributed by atoms with Gasteiger partial charge in [-0.05, 0) is 65.1 Å². The fraction of sp³-hybridized carbons (Fsp3) is 0.125. The van der Waals surface area contributed by atoms with E-state index in [0.717, 1.165) is 12.1 Å². The van der Waals surface area contributed by atoms with Gasteiger partial charge >= 0.3 is 11.9 Å². The second-order valence-corrected chi connectivity index (χ2v) is 6.89. The number of carbonyl (C=O) groups is 1. The zero-order valence-electron chi connectivity index (χ0n) is 14.0. The number of halogens is 4. The number of nitrogens with zero attached hydrogens (tertiary/aromatic N) is 1. The van der Waals surface area contributed by atoms with Crippen molar-refractivity contribution < 1.29 is 27.6 Å². The Morgan fingerprint density at radius 3 is 2.50 bits per heavy atom. The summed E-state index contributed by atoms with van der Waals surface area (Å²) >= 11 is 6.63. The first-order chi connectivity index (χ1) is 13.0. The molecule has 2 aromatic rings. The van der Waals surface area contributed by atoms with Crippen LogP contribution in [0.1, 0.15) is 15.9 Å². The molecule has 28 heavy (non-hydrogen) atoms. The molecule has 2 aromatic carbocycles. The van der Waals surface area contributed by atoms with Crippen LogP contribution in [0.5, 0.6) is 5.75 Å². The van der Waals surface area contributed by atoms with E-state index >= 15 is 0 Å². The van der Waals surface area contributed by atoms with E-state index in [1.165, 1.54) is 31.4 Å². The fourth-order valence-corrected chi connectivity index (χ4v) is 2.86. The number of anilines is 1. The number of nitrogens with one attached hydrogen (secondary N) is 2. The first-order valence-corrected chi connectivity index (χ1v) is 8.83. The molecule has 0 saturated heterocycles. The molecule has 1 amide bonds. The van der Waals surface area contributed by atoms with Crippen LogP contribution in [0.15, 0.2) is 36.4 Å². The number of thiocarbonyl (C=S) groups is 1. The molecule has 0 aliphatic heterocycles. The summed E-state index contributed by atoms with van der Waals surface area (Å²) in [5, 5.41) is 15.1. The van der Waals surface area contributed by atoms with Crippen molar-refractivity contribution in [3.8, 4) is 5.75 Å². The number of benzene rings is 2. The molecule has 0 heterocycles. The highest BCUT2D eigenvalue weighted by Gasteiger charge is 2.34. The molecule has 0 atom stereocenters. The van der Waals surface area contributed by atoms with E-state index in [4.69, 9.17) is 17.0 Å². The first kappa shape index (κ1) is 21.8. The molecule has 0 saturated carbocycles. The van der Waals surface area contributed by atoms with Crippen molar-refractivity contribution in [1.82, 2.24) is 5.32 Å². The van der Waals surface area contributed by atoms with E-state index in [2.05, 4.69) is 10.6 Å². The highest BCUT2D eigenvalue weighted by atomic mass is 127. The fourth-order valence-electron chi connectivity index (χ4n) is 2.16. The lowest BCUT2D eigenvalue weighted by Crippen LogP contribution is -2.34. The Labute approximate surface area is 175 Å². The van der Waals surface area contributed by atoms with Gasteiger partial charge in [-0.2, -0.15) is 13.2 Å². The number of hydrogen-bond acceptors (Lipinski definition) is 5. The number of nitro benzene ring substituents is 1. The second kappa shape index (κ2) is 8.68. The quantitative estimate of drug-likeness (QED) is 0.267. The van der Waals surface area contributed by atoms with Crippen molar-refractivity contribution in [2.45, 2.75) is 6.18 Å². The predicted octanol–water partition coefficient (Wildman–Crippen LogP) is 4.35. The Kier molecular flexibility index (Phi) is 6.77. The smallest absolute Gasteiger partial charge is 0.418 e. The molecule has 0 spiro atoms. The number of methoxy groups -OCH3 is 1. The lowest BCUT2D eigenvalue weighted by molar-refractivity contribution is -0.385. The molecule has 0 bridgehead atoms. The standard InChI is InChI=1S/C16H11F3IN3O4S/c1-27-13-5-2-8(6-12(13)23(25)26)14(24)22-15(28)21-11-4-3-9(20)7-10(11)16(17,18)19/h2-7H,1H3,(H2,21,22,24,28). The third-order valence-electron chi connectivity index (χ3n) is 3.40. The minimum atomic E-state index is -4.63. The Bertz CT molecular complexity index is 953. The summed E-state index contributed by atoms with van der Waals surface area (Å²) in [5.74, 6) is -0.877. The van der Waals surface area contributed by atoms with Gasteiger partial charge in [0.1, 0.15) is 0 Å². The van der Waals surface area contributed by atoms with Gasteiger partial charge in [-0.3, -0.25) is 20.2 Å². The van der Waals surface area contributed by atoms with Gasteiger partial charge < -0.3 is 10.1 Å². The zero-order valence-corrected chi connectivity index (χ0v) is 16.9. The van der Waals surface area contributed by atoms with Crippen molar-refractivity contribution in [1.29, 1.82) is 0 Å². The highest BCUT2D eigenvalue weighted by Crippen LogP contribution is 2.35. The van der Waals surface area contributed by atoms with E-state index in [0.29, 0.717) is 3.57 Å². The van der Waals surface area contributed by atoms with E-state index in [1.807, 2.05) is 0 Å². The van der Waals surface area contributed by atoms with Crippen LogP contribution in [0, 0.1) is 13.7 Å². The topological polar surface area (TPSA) is 93.5 Å². The summed E-state index contributed by atoms with van der Waals surface area (Å²) in [5.41, 5.74) is -1.84. The molecule has 0 aliphatic rings. The van der Waals surface area contributed by atoms with Crippen molar-refractivity contribution in [3.05, 3.63) is 61.2 Å². The number of nitro groups is 1. The molecular formula is C16H11F3IN3O4S. The maximum atomic E-state index is 13.1. The zero-order chi connectivity index (χ0) is 21.1. The van der Waals surface area contributed by atoms with E-state index in [-0.39, 0.29) is 17.0 Å². The number of amides is 1. The summed E-state index contributed by atoms with van der Waals surface area (Å²) in [6, 6.07) is 7.01. The molecule has 2 rings (SSSR count). The highest BCUT2D eigenvalue weighted by molar-refractivity contribution is 14.1. The molecule has 148 valence electrons. The van der Waals surface area contributed by atoms with E-state index in [9.17, 15) is 28.1 Å². The van der Waals surface area contributed by atoms with Gasteiger partial charge in [0.2, 0.25) is 0 Å². The van der Waals surface area contributed by atoms with Gasteiger partial charge in [0, 0.05) is 15.2 Å². The Balaban J connectivity index is 2.20. The van der Waals surface area contributed by atoms with Crippen LogP contribution in [-0.4, -0.2) is 23.1 Å². The average molecular weight is 525 g/mol. The first-order valence-electron chi connectivity index (χ1n) is 7.34. The molecule has 0 aliphatic carbocycles. The molecular weight excluding hydrogens is 514 g/mol. The summed E-state index contributed by atoms with van der Waals surface area (Å²) in [4.78, 5) is 22.5. The van der Waals surface area contributed by atoms with Gasteiger partial charge in [0.05, 0.1) is 23.3 Å². The molecule has 2 N–H and O–H groups in total. The number of hydrogen-bond donors (Lipinski definition) is 2. The Hall–Kier alpha value is -2.48.